The molecule has 0 saturated heterocycles. The van der Waals surface area contributed by atoms with Crippen LogP contribution < -0.4 is 14.8 Å². The van der Waals surface area contributed by atoms with Crippen LogP contribution >= 0.6 is 0 Å². The minimum atomic E-state index is -0.309. The summed E-state index contributed by atoms with van der Waals surface area (Å²) in [5, 5.41) is 3.31. The Morgan fingerprint density at radius 3 is 2.02 bits per heavy atom. The molecule has 248 valence electrons. The van der Waals surface area contributed by atoms with Gasteiger partial charge in [0.05, 0.1) is 26.4 Å². The molecule has 3 aromatic rings. The monoisotopic (exact) mass is 627 g/mol. The van der Waals surface area contributed by atoms with Gasteiger partial charge in [-0.15, -0.1) is 0 Å². The van der Waals surface area contributed by atoms with Crippen molar-refractivity contribution in [3.05, 3.63) is 95.6 Å². The van der Waals surface area contributed by atoms with Gasteiger partial charge in [0, 0.05) is 31.6 Å². The van der Waals surface area contributed by atoms with Crippen LogP contribution in [0.4, 0.5) is 4.79 Å². The topological polar surface area (TPSA) is 63.3 Å². The summed E-state index contributed by atoms with van der Waals surface area (Å²) in [4.78, 5) is 18.4. The molecule has 7 heteroatoms. The van der Waals surface area contributed by atoms with Crippen LogP contribution in [0.3, 0.4) is 0 Å². The van der Waals surface area contributed by atoms with Crippen LogP contribution in [-0.2, 0) is 23.3 Å². The molecule has 0 spiro atoms. The number of carbonyl (C=O) groups excluding carboxylic acids is 1. The predicted molar refractivity (Wildman–Crippen MR) is 184 cm³/mol. The minimum Gasteiger partial charge on any atom is -0.493 e. The highest BCUT2D eigenvalue weighted by molar-refractivity contribution is 5.74. The number of nitrogens with one attached hydrogen (secondary N) is 1. The second-order valence-corrected chi connectivity index (χ2v) is 14.2. The van der Waals surface area contributed by atoms with Crippen LogP contribution in [0.2, 0.25) is 0 Å². The Hall–Kier alpha value is -3.55. The molecule has 2 saturated carbocycles. The average molecular weight is 628 g/mol. The van der Waals surface area contributed by atoms with Crippen LogP contribution in [-0.4, -0.2) is 69.4 Å². The number of urea groups is 1. The quantitative estimate of drug-likeness (QED) is 0.201. The van der Waals surface area contributed by atoms with Crippen LogP contribution in [0.25, 0.3) is 0 Å². The summed E-state index contributed by atoms with van der Waals surface area (Å²) in [6.07, 6.45) is 7.32. The summed E-state index contributed by atoms with van der Waals surface area (Å²) in [7, 11) is 7.64. The molecule has 2 fully saturated rings. The summed E-state index contributed by atoms with van der Waals surface area (Å²) in [6.45, 7) is 5.62. The van der Waals surface area contributed by atoms with E-state index in [1.807, 2.05) is 41.3 Å². The second-order valence-electron chi connectivity index (χ2n) is 14.2. The normalized spacial score (nSPS) is 22.1. The van der Waals surface area contributed by atoms with E-state index < -0.39 is 0 Å². The van der Waals surface area contributed by atoms with E-state index in [2.05, 4.69) is 73.7 Å². The number of methoxy groups -OCH3 is 2. The van der Waals surface area contributed by atoms with Crippen LogP contribution in [0.5, 0.6) is 11.5 Å². The largest absolute Gasteiger partial charge is 0.493 e. The van der Waals surface area contributed by atoms with Gasteiger partial charge in [-0.3, -0.25) is 0 Å². The number of carbonyl (C=O) groups is 1. The van der Waals surface area contributed by atoms with Crippen LogP contribution in [0, 0.1) is 5.41 Å². The van der Waals surface area contributed by atoms with Crippen molar-refractivity contribution < 1.29 is 19.0 Å². The lowest BCUT2D eigenvalue weighted by molar-refractivity contribution is -0.106. The predicted octanol–water partition coefficient (Wildman–Crippen LogP) is 7.43. The highest BCUT2D eigenvalue weighted by atomic mass is 16.5. The molecule has 2 aliphatic carbocycles. The van der Waals surface area contributed by atoms with Crippen molar-refractivity contribution in [1.29, 1.82) is 0 Å². The van der Waals surface area contributed by atoms with Gasteiger partial charge in [-0.25, -0.2) is 4.79 Å². The van der Waals surface area contributed by atoms with Gasteiger partial charge in [-0.05, 0) is 93.3 Å². The molecule has 7 nitrogen and oxygen atoms in total. The Morgan fingerprint density at radius 2 is 1.43 bits per heavy atom. The molecule has 0 aromatic heterocycles. The van der Waals surface area contributed by atoms with E-state index in [-0.39, 0.29) is 22.5 Å². The van der Waals surface area contributed by atoms with E-state index >= 15 is 0 Å². The Kier molecular flexibility index (Phi) is 11.0. The van der Waals surface area contributed by atoms with Crippen LogP contribution in [0.1, 0.15) is 68.6 Å². The fourth-order valence-corrected chi connectivity index (χ4v) is 7.39. The van der Waals surface area contributed by atoms with Gasteiger partial charge in [-0.1, -0.05) is 73.7 Å². The Balaban J connectivity index is 1.31. The van der Waals surface area contributed by atoms with Crippen molar-refractivity contribution in [2.45, 2.75) is 76.0 Å². The minimum absolute atomic E-state index is 0.00352. The zero-order valence-electron chi connectivity index (χ0n) is 28.5. The first-order valence-electron chi connectivity index (χ1n) is 16.8. The molecular weight excluding hydrogens is 574 g/mol. The Labute approximate surface area is 276 Å². The zero-order chi connectivity index (χ0) is 32.6. The molecular formula is C39H53N3O4. The smallest absolute Gasteiger partial charge is 0.317 e. The summed E-state index contributed by atoms with van der Waals surface area (Å²) in [5.74, 6) is 1.35. The summed E-state index contributed by atoms with van der Waals surface area (Å²) < 4.78 is 17.5. The molecule has 0 atom stereocenters. The lowest BCUT2D eigenvalue weighted by Gasteiger charge is -2.48. The molecule has 0 unspecified atom stereocenters. The second kappa shape index (κ2) is 14.9. The maximum Gasteiger partial charge on any atom is 0.317 e. The molecule has 1 N–H and O–H groups in total. The number of likely N-dealkylation sites (N-methyl/N-ethyl adjacent to an activating group) is 1. The van der Waals surface area contributed by atoms with Crippen molar-refractivity contribution in [3.63, 3.8) is 0 Å². The molecule has 0 aliphatic heterocycles. The fourth-order valence-electron chi connectivity index (χ4n) is 7.39. The van der Waals surface area contributed by atoms with Crippen molar-refractivity contribution in [2.24, 2.45) is 5.41 Å². The summed E-state index contributed by atoms with van der Waals surface area (Å²) in [5.41, 5.74) is 3.39. The van der Waals surface area contributed by atoms with Gasteiger partial charge in [0.25, 0.3) is 0 Å². The molecule has 2 aliphatic rings. The molecule has 46 heavy (non-hydrogen) atoms. The van der Waals surface area contributed by atoms with Crippen molar-refractivity contribution >= 4 is 6.03 Å². The van der Waals surface area contributed by atoms with Gasteiger partial charge in [0.15, 0.2) is 11.5 Å². The van der Waals surface area contributed by atoms with Gasteiger partial charge < -0.3 is 29.3 Å². The van der Waals surface area contributed by atoms with Gasteiger partial charge in [0.1, 0.15) is 0 Å². The molecule has 2 amide bonds. The first-order chi connectivity index (χ1) is 22.2. The third kappa shape index (κ3) is 8.23. The van der Waals surface area contributed by atoms with Gasteiger partial charge >= 0.3 is 6.03 Å². The summed E-state index contributed by atoms with van der Waals surface area (Å²) in [6, 6.07) is 27.2. The Bertz CT molecular complexity index is 1400. The van der Waals surface area contributed by atoms with Crippen molar-refractivity contribution in [2.75, 3.05) is 47.9 Å². The van der Waals surface area contributed by atoms with Crippen LogP contribution in [0.15, 0.2) is 78.9 Å². The van der Waals surface area contributed by atoms with Crippen molar-refractivity contribution in [1.82, 2.24) is 15.1 Å². The summed E-state index contributed by atoms with van der Waals surface area (Å²) >= 11 is 0. The third-order valence-electron chi connectivity index (χ3n) is 10.3. The lowest BCUT2D eigenvalue weighted by atomic mass is 9.61. The van der Waals surface area contributed by atoms with E-state index in [9.17, 15) is 4.79 Å². The first-order valence-corrected chi connectivity index (χ1v) is 16.8. The number of benzene rings is 3. The number of nitrogens with zero attached hydrogens (tertiary/aromatic N) is 2. The van der Waals surface area contributed by atoms with E-state index in [1.165, 1.54) is 5.56 Å². The van der Waals surface area contributed by atoms with E-state index in [1.54, 1.807) is 14.2 Å². The maximum absolute atomic E-state index is 14.1. The molecule has 0 heterocycles. The fraction of sp³-hybridized carbons (Fsp3) is 0.513. The van der Waals surface area contributed by atoms with E-state index in [0.717, 1.165) is 62.6 Å². The molecule has 0 radical (unpaired) electrons. The molecule has 5 rings (SSSR count). The highest BCUT2D eigenvalue weighted by Gasteiger charge is 2.43. The number of hydrogen-bond acceptors (Lipinski definition) is 5. The highest BCUT2D eigenvalue weighted by Crippen LogP contribution is 2.48. The Morgan fingerprint density at radius 1 is 0.783 bits per heavy atom. The van der Waals surface area contributed by atoms with Gasteiger partial charge in [0.2, 0.25) is 0 Å². The zero-order valence-corrected chi connectivity index (χ0v) is 28.5. The number of ether oxygens (including phenoxy) is 3. The molecule has 3 aromatic carbocycles. The average Bonchev–Trinajstić information content (AvgIpc) is 3.05. The lowest BCUT2D eigenvalue weighted by Crippen LogP contribution is -2.54. The molecule has 0 bridgehead atoms. The van der Waals surface area contributed by atoms with Crippen molar-refractivity contribution in [3.8, 4) is 11.5 Å². The number of amides is 2. The SMILES string of the molecule is COc1ccc(CN(CC2(C)CCC(CN(C)C)(c3ccccc3)CC2)C(=O)NCC2(OCc3ccccc3)CCC2)cc1OC. The van der Waals surface area contributed by atoms with Gasteiger partial charge in [-0.2, -0.15) is 0 Å². The number of rotatable bonds is 14. The van der Waals surface area contributed by atoms with E-state index in [0.29, 0.717) is 37.7 Å². The first kappa shape index (κ1) is 33.8. The number of hydrogen-bond donors (Lipinski definition) is 1. The maximum atomic E-state index is 14.1. The standard InChI is InChI=1S/C39H53N3O4/c1-37(21-23-38(24-22-37,30-41(2)3)33-15-10-7-11-16-33)29-42(26-32-17-18-34(44-4)35(25-32)45-5)36(43)40-28-39(19-12-20-39)46-27-31-13-8-6-9-14-31/h6-11,13-18,25H,12,19-24,26-30H2,1-5H3,(H,40,43). The third-order valence-corrected chi connectivity index (χ3v) is 10.3. The van der Waals surface area contributed by atoms with E-state index in [4.69, 9.17) is 14.2 Å².